The lowest BCUT2D eigenvalue weighted by atomic mass is 9.69. The molecule has 2 aliphatic rings. The van der Waals surface area contributed by atoms with Crippen molar-refractivity contribution in [2.75, 3.05) is 13.6 Å². The standard InChI is InChI=1S/C24H35N7O2/c1-24(26-2,23(25)33)20(18-12-7-4-8-13-18)22(32)30-15-9-14-19(30)21-27-28-29-31(21)16-17-10-5-3-6-11-17/h3,5-6,10-11,18-20,26H,4,7-9,12-16H2,1-2H3,(H2,25,33)/t19-,20+,24?/m0/s1. The van der Waals surface area contributed by atoms with Crippen LogP contribution in [0.4, 0.5) is 0 Å². The summed E-state index contributed by atoms with van der Waals surface area (Å²) in [6.07, 6.45) is 6.86. The van der Waals surface area contributed by atoms with E-state index in [1.807, 2.05) is 35.2 Å². The van der Waals surface area contributed by atoms with Gasteiger partial charge in [0.2, 0.25) is 11.8 Å². The van der Waals surface area contributed by atoms with Gasteiger partial charge < -0.3 is 16.0 Å². The fourth-order valence-electron chi connectivity index (χ4n) is 5.62. The molecule has 2 aromatic rings. The highest BCUT2D eigenvalue weighted by Gasteiger charge is 2.50. The van der Waals surface area contributed by atoms with Gasteiger partial charge in [-0.25, -0.2) is 4.68 Å². The number of hydrogen-bond donors (Lipinski definition) is 2. The van der Waals surface area contributed by atoms with E-state index in [0.717, 1.165) is 44.1 Å². The number of likely N-dealkylation sites (tertiary alicyclic amines) is 1. The molecule has 1 aliphatic carbocycles. The fourth-order valence-corrected chi connectivity index (χ4v) is 5.62. The van der Waals surface area contributed by atoms with Crippen molar-refractivity contribution in [3.8, 4) is 0 Å². The zero-order valence-corrected chi connectivity index (χ0v) is 19.6. The Hall–Kier alpha value is -2.81. The summed E-state index contributed by atoms with van der Waals surface area (Å²) in [5, 5.41) is 15.6. The SMILES string of the molecule is CNC(C)(C(N)=O)[C@@H](C(=O)N1CCC[C@H]1c1nnnn1Cc1ccccc1)C1CCCCC1. The molecular weight excluding hydrogens is 418 g/mol. The third-order valence-electron chi connectivity index (χ3n) is 7.61. The van der Waals surface area contributed by atoms with Gasteiger partial charge in [-0.1, -0.05) is 49.6 Å². The van der Waals surface area contributed by atoms with Crippen molar-refractivity contribution in [3.05, 3.63) is 41.7 Å². The molecule has 3 N–H and O–H groups in total. The molecule has 4 rings (SSSR count). The number of likely N-dealkylation sites (N-methyl/N-ethyl adjacent to an activating group) is 1. The Morgan fingerprint density at radius 1 is 1.15 bits per heavy atom. The summed E-state index contributed by atoms with van der Waals surface area (Å²) in [4.78, 5) is 28.6. The van der Waals surface area contributed by atoms with E-state index in [0.29, 0.717) is 18.9 Å². The van der Waals surface area contributed by atoms with Crippen LogP contribution < -0.4 is 11.1 Å². The number of tetrazole rings is 1. The number of nitrogens with zero attached hydrogens (tertiary/aromatic N) is 5. The lowest BCUT2D eigenvalue weighted by Crippen LogP contribution is -2.63. The van der Waals surface area contributed by atoms with Gasteiger partial charge in [0.15, 0.2) is 5.82 Å². The average Bonchev–Trinajstić information content (AvgIpc) is 3.49. The maximum Gasteiger partial charge on any atom is 0.238 e. The second-order valence-corrected chi connectivity index (χ2v) is 9.56. The van der Waals surface area contributed by atoms with Crippen LogP contribution in [-0.2, 0) is 16.1 Å². The highest BCUT2D eigenvalue weighted by Crippen LogP contribution is 2.40. The topological polar surface area (TPSA) is 119 Å². The Morgan fingerprint density at radius 2 is 1.88 bits per heavy atom. The molecule has 9 heteroatoms. The minimum Gasteiger partial charge on any atom is -0.368 e. The van der Waals surface area contributed by atoms with Gasteiger partial charge in [-0.3, -0.25) is 9.59 Å². The van der Waals surface area contributed by atoms with Gasteiger partial charge in [0.25, 0.3) is 0 Å². The van der Waals surface area contributed by atoms with E-state index in [9.17, 15) is 9.59 Å². The van der Waals surface area contributed by atoms with E-state index in [1.165, 1.54) is 6.42 Å². The first-order valence-corrected chi connectivity index (χ1v) is 12.0. The number of amides is 2. The summed E-state index contributed by atoms with van der Waals surface area (Å²) < 4.78 is 1.78. The van der Waals surface area contributed by atoms with E-state index in [-0.39, 0.29) is 17.9 Å². The molecule has 1 aromatic heterocycles. The molecule has 33 heavy (non-hydrogen) atoms. The lowest BCUT2D eigenvalue weighted by molar-refractivity contribution is -0.147. The zero-order chi connectivity index (χ0) is 23.4. The van der Waals surface area contributed by atoms with E-state index in [1.54, 1.807) is 18.7 Å². The maximum absolute atomic E-state index is 14.1. The zero-order valence-electron chi connectivity index (χ0n) is 19.6. The minimum atomic E-state index is -1.11. The van der Waals surface area contributed by atoms with Crippen LogP contribution in [0.5, 0.6) is 0 Å². The highest BCUT2D eigenvalue weighted by atomic mass is 16.2. The molecule has 9 nitrogen and oxygen atoms in total. The van der Waals surface area contributed by atoms with Crippen molar-refractivity contribution >= 4 is 11.8 Å². The first-order valence-electron chi connectivity index (χ1n) is 12.0. The second-order valence-electron chi connectivity index (χ2n) is 9.56. The van der Waals surface area contributed by atoms with Gasteiger partial charge in [-0.05, 0) is 61.6 Å². The monoisotopic (exact) mass is 453 g/mol. The van der Waals surface area contributed by atoms with E-state index in [4.69, 9.17) is 5.73 Å². The number of carbonyl (C=O) groups is 2. The summed E-state index contributed by atoms with van der Waals surface area (Å²) in [5.41, 5.74) is 5.84. The third kappa shape index (κ3) is 4.64. The van der Waals surface area contributed by atoms with Crippen molar-refractivity contribution in [2.45, 2.75) is 70.0 Å². The molecule has 0 radical (unpaired) electrons. The Kier molecular flexibility index (Phi) is 7.07. The smallest absolute Gasteiger partial charge is 0.238 e. The number of hydrogen-bond acceptors (Lipinski definition) is 6. The van der Waals surface area contributed by atoms with Gasteiger partial charge in [-0.2, -0.15) is 0 Å². The number of aromatic nitrogens is 4. The van der Waals surface area contributed by atoms with E-state index in [2.05, 4.69) is 20.8 Å². The molecular formula is C24H35N7O2. The number of benzene rings is 1. The predicted molar refractivity (Wildman–Crippen MR) is 124 cm³/mol. The third-order valence-corrected chi connectivity index (χ3v) is 7.61. The molecule has 1 aliphatic heterocycles. The van der Waals surface area contributed by atoms with Gasteiger partial charge in [0, 0.05) is 6.54 Å². The summed E-state index contributed by atoms with van der Waals surface area (Å²) in [6, 6.07) is 9.81. The van der Waals surface area contributed by atoms with Crippen LogP contribution in [0.15, 0.2) is 30.3 Å². The Labute approximate surface area is 195 Å². The molecule has 2 fully saturated rings. The Morgan fingerprint density at radius 3 is 2.55 bits per heavy atom. The summed E-state index contributed by atoms with van der Waals surface area (Å²) in [7, 11) is 1.72. The van der Waals surface area contributed by atoms with Crippen molar-refractivity contribution in [3.63, 3.8) is 0 Å². The first-order chi connectivity index (χ1) is 16.0. The predicted octanol–water partition coefficient (Wildman–Crippen LogP) is 2.04. The number of nitrogens with one attached hydrogen (secondary N) is 1. The molecule has 2 amide bonds. The maximum atomic E-state index is 14.1. The van der Waals surface area contributed by atoms with Crippen LogP contribution >= 0.6 is 0 Å². The van der Waals surface area contributed by atoms with Crippen molar-refractivity contribution < 1.29 is 9.59 Å². The first kappa shape index (κ1) is 23.4. The normalized spacial score (nSPS) is 22.1. The van der Waals surface area contributed by atoms with Crippen LogP contribution in [0.2, 0.25) is 0 Å². The summed E-state index contributed by atoms with van der Waals surface area (Å²) in [6.45, 7) is 2.95. The molecule has 3 atom stereocenters. The quantitative estimate of drug-likeness (QED) is 0.631. The van der Waals surface area contributed by atoms with Crippen LogP contribution in [0.1, 0.15) is 69.3 Å². The minimum absolute atomic E-state index is 0.0192. The largest absolute Gasteiger partial charge is 0.368 e. The Bertz CT molecular complexity index is 957. The van der Waals surface area contributed by atoms with Crippen LogP contribution in [-0.4, -0.2) is 56.1 Å². The molecule has 178 valence electrons. The van der Waals surface area contributed by atoms with Gasteiger partial charge >= 0.3 is 0 Å². The van der Waals surface area contributed by atoms with Crippen LogP contribution in [0, 0.1) is 11.8 Å². The molecule has 1 aromatic carbocycles. The number of primary amides is 1. The molecule has 1 unspecified atom stereocenters. The summed E-state index contributed by atoms with van der Waals surface area (Å²) >= 11 is 0. The lowest BCUT2D eigenvalue weighted by Gasteiger charge is -2.42. The highest BCUT2D eigenvalue weighted by molar-refractivity contribution is 5.93. The molecule has 0 spiro atoms. The molecule has 1 saturated carbocycles. The van der Waals surface area contributed by atoms with E-state index >= 15 is 0 Å². The van der Waals surface area contributed by atoms with Gasteiger partial charge in [-0.15, -0.1) is 5.10 Å². The summed E-state index contributed by atoms with van der Waals surface area (Å²) in [5.74, 6) is -0.206. The van der Waals surface area contributed by atoms with Crippen molar-refractivity contribution in [2.24, 2.45) is 17.6 Å². The average molecular weight is 454 g/mol. The van der Waals surface area contributed by atoms with E-state index < -0.39 is 17.4 Å². The molecule has 2 heterocycles. The molecule has 1 saturated heterocycles. The van der Waals surface area contributed by atoms with Crippen LogP contribution in [0.25, 0.3) is 0 Å². The van der Waals surface area contributed by atoms with Crippen molar-refractivity contribution in [1.29, 1.82) is 0 Å². The second kappa shape index (κ2) is 9.99. The van der Waals surface area contributed by atoms with Crippen LogP contribution in [0.3, 0.4) is 0 Å². The fraction of sp³-hybridized carbons (Fsp3) is 0.625. The molecule has 0 bridgehead atoms. The van der Waals surface area contributed by atoms with Gasteiger partial charge in [0.1, 0.15) is 5.54 Å². The van der Waals surface area contributed by atoms with Crippen molar-refractivity contribution in [1.82, 2.24) is 30.4 Å². The number of nitrogens with two attached hydrogens (primary N) is 1. The number of rotatable bonds is 8. The van der Waals surface area contributed by atoms with Gasteiger partial charge in [0.05, 0.1) is 18.5 Å². The Balaban J connectivity index is 1.63. The number of carbonyl (C=O) groups excluding carboxylic acids is 2.